The smallest absolute Gasteiger partial charge is 0.245 e. The van der Waals surface area contributed by atoms with Gasteiger partial charge in [0.1, 0.15) is 6.04 Å². The van der Waals surface area contributed by atoms with E-state index in [0.717, 1.165) is 38.7 Å². The van der Waals surface area contributed by atoms with Crippen LogP contribution in [-0.2, 0) is 14.3 Å². The molecule has 1 saturated heterocycles. The zero-order valence-corrected chi connectivity index (χ0v) is 12.4. The first-order valence-corrected chi connectivity index (χ1v) is 7.88. The molecule has 0 spiro atoms. The highest BCUT2D eigenvalue weighted by Gasteiger charge is 2.40. The molecule has 1 heterocycles. The molecule has 5 nitrogen and oxygen atoms in total. The summed E-state index contributed by atoms with van der Waals surface area (Å²) in [6.45, 7) is 4.88. The predicted octanol–water partition coefficient (Wildman–Crippen LogP) is 1.32. The Labute approximate surface area is 121 Å². The van der Waals surface area contributed by atoms with Crippen molar-refractivity contribution in [3.63, 3.8) is 0 Å². The monoisotopic (exact) mass is 282 g/mol. The maximum absolute atomic E-state index is 12.4. The Morgan fingerprint density at radius 2 is 2.00 bits per heavy atom. The zero-order valence-electron chi connectivity index (χ0n) is 12.4. The normalized spacial score (nSPS) is 23.6. The second-order valence-corrected chi connectivity index (χ2v) is 5.78. The van der Waals surface area contributed by atoms with Gasteiger partial charge < -0.3 is 15.0 Å². The van der Waals surface area contributed by atoms with Crippen molar-refractivity contribution in [3.8, 4) is 0 Å². The van der Waals surface area contributed by atoms with E-state index in [4.69, 9.17) is 4.74 Å². The summed E-state index contributed by atoms with van der Waals surface area (Å²) in [4.78, 5) is 25.9. The summed E-state index contributed by atoms with van der Waals surface area (Å²) in [5.74, 6) is 0.483. The standard InChI is InChI=1S/C15H26N2O3/c1-2-3-10-20-11-4-8-17-9-7-13(18)16-14(15(17)19)12-5-6-12/h12,14H,2-11H2,1H3,(H,16,18). The van der Waals surface area contributed by atoms with Crippen molar-refractivity contribution in [1.29, 1.82) is 0 Å². The summed E-state index contributed by atoms with van der Waals surface area (Å²) in [7, 11) is 0. The average molecular weight is 282 g/mol. The second-order valence-electron chi connectivity index (χ2n) is 5.78. The molecule has 1 atom stereocenters. The SMILES string of the molecule is CCCCOCCCN1CCC(=O)NC(C2CC2)C1=O. The average Bonchev–Trinajstić information content (AvgIpc) is 3.26. The molecule has 1 unspecified atom stereocenters. The van der Waals surface area contributed by atoms with E-state index >= 15 is 0 Å². The van der Waals surface area contributed by atoms with Gasteiger partial charge in [0.25, 0.3) is 0 Å². The lowest BCUT2D eigenvalue weighted by Crippen LogP contribution is -2.46. The highest BCUT2D eigenvalue weighted by atomic mass is 16.5. The van der Waals surface area contributed by atoms with Gasteiger partial charge in [0, 0.05) is 32.7 Å². The van der Waals surface area contributed by atoms with Crippen molar-refractivity contribution >= 4 is 11.8 Å². The van der Waals surface area contributed by atoms with Crippen molar-refractivity contribution in [2.45, 2.75) is 51.5 Å². The molecule has 1 N–H and O–H groups in total. The molecule has 0 radical (unpaired) electrons. The predicted molar refractivity (Wildman–Crippen MR) is 76.2 cm³/mol. The molecule has 2 aliphatic rings. The number of ether oxygens (including phenoxy) is 1. The molecule has 2 amide bonds. The number of carbonyl (C=O) groups excluding carboxylic acids is 2. The van der Waals surface area contributed by atoms with E-state index in [9.17, 15) is 9.59 Å². The van der Waals surface area contributed by atoms with Crippen molar-refractivity contribution in [1.82, 2.24) is 10.2 Å². The van der Waals surface area contributed by atoms with Crippen LogP contribution in [0, 0.1) is 5.92 Å². The first kappa shape index (κ1) is 15.3. The maximum atomic E-state index is 12.4. The van der Waals surface area contributed by atoms with Gasteiger partial charge in [-0.1, -0.05) is 13.3 Å². The minimum atomic E-state index is -0.272. The fraction of sp³-hybridized carbons (Fsp3) is 0.867. The maximum Gasteiger partial charge on any atom is 0.245 e. The van der Waals surface area contributed by atoms with Gasteiger partial charge in [-0.2, -0.15) is 0 Å². The minimum absolute atomic E-state index is 0.0111. The minimum Gasteiger partial charge on any atom is -0.381 e. The van der Waals surface area contributed by atoms with Crippen molar-refractivity contribution in [3.05, 3.63) is 0 Å². The first-order chi connectivity index (χ1) is 9.72. The summed E-state index contributed by atoms with van der Waals surface area (Å²) in [5.41, 5.74) is 0. The lowest BCUT2D eigenvalue weighted by atomic mass is 10.1. The third-order valence-electron chi connectivity index (χ3n) is 3.96. The van der Waals surface area contributed by atoms with Gasteiger partial charge in [-0.15, -0.1) is 0 Å². The van der Waals surface area contributed by atoms with Gasteiger partial charge in [-0.05, 0) is 31.6 Å². The summed E-state index contributed by atoms with van der Waals surface area (Å²) in [5, 5.41) is 2.88. The number of hydrogen-bond acceptors (Lipinski definition) is 3. The molecule has 1 saturated carbocycles. The van der Waals surface area contributed by atoms with Crippen LogP contribution in [0.15, 0.2) is 0 Å². The van der Waals surface area contributed by atoms with Crippen LogP contribution in [0.4, 0.5) is 0 Å². The van der Waals surface area contributed by atoms with Crippen LogP contribution in [0.5, 0.6) is 0 Å². The molecule has 20 heavy (non-hydrogen) atoms. The molecular formula is C15H26N2O3. The van der Waals surface area contributed by atoms with E-state index in [1.807, 2.05) is 4.90 Å². The third-order valence-corrected chi connectivity index (χ3v) is 3.96. The van der Waals surface area contributed by atoms with Gasteiger partial charge in [0.05, 0.1) is 0 Å². The van der Waals surface area contributed by atoms with E-state index in [-0.39, 0.29) is 17.9 Å². The zero-order chi connectivity index (χ0) is 14.4. The summed E-state index contributed by atoms with van der Waals surface area (Å²) in [6.07, 6.45) is 5.62. The number of unbranched alkanes of at least 4 members (excludes halogenated alkanes) is 1. The van der Waals surface area contributed by atoms with Crippen LogP contribution in [0.3, 0.4) is 0 Å². The van der Waals surface area contributed by atoms with Crippen LogP contribution in [0.25, 0.3) is 0 Å². The van der Waals surface area contributed by atoms with Crippen molar-refractivity contribution in [2.24, 2.45) is 5.92 Å². The van der Waals surface area contributed by atoms with Gasteiger partial charge in [-0.3, -0.25) is 9.59 Å². The fourth-order valence-corrected chi connectivity index (χ4v) is 2.53. The molecule has 0 aromatic carbocycles. The van der Waals surface area contributed by atoms with Crippen molar-refractivity contribution < 1.29 is 14.3 Å². The topological polar surface area (TPSA) is 58.6 Å². The molecule has 1 aliphatic carbocycles. The molecule has 0 aromatic rings. The van der Waals surface area contributed by atoms with E-state index in [0.29, 0.717) is 32.0 Å². The number of carbonyl (C=O) groups is 2. The lowest BCUT2D eigenvalue weighted by molar-refractivity contribution is -0.134. The largest absolute Gasteiger partial charge is 0.381 e. The highest BCUT2D eigenvalue weighted by Crippen LogP contribution is 2.34. The van der Waals surface area contributed by atoms with Crippen LogP contribution in [-0.4, -0.2) is 49.1 Å². The molecule has 114 valence electrons. The third kappa shape index (κ3) is 4.47. The van der Waals surface area contributed by atoms with Crippen LogP contribution < -0.4 is 5.32 Å². The Balaban J connectivity index is 1.74. The van der Waals surface area contributed by atoms with Gasteiger partial charge in [0.2, 0.25) is 11.8 Å². The molecule has 0 bridgehead atoms. The quantitative estimate of drug-likeness (QED) is 0.683. The number of amides is 2. The van der Waals surface area contributed by atoms with Gasteiger partial charge >= 0.3 is 0 Å². The number of nitrogens with one attached hydrogen (secondary N) is 1. The molecule has 2 rings (SSSR count). The Kier molecular flexibility index (Phi) is 5.83. The van der Waals surface area contributed by atoms with Gasteiger partial charge in [-0.25, -0.2) is 0 Å². The number of nitrogens with zero attached hydrogens (tertiary/aromatic N) is 1. The molecular weight excluding hydrogens is 256 g/mol. The Hall–Kier alpha value is -1.10. The van der Waals surface area contributed by atoms with E-state index in [2.05, 4.69) is 12.2 Å². The molecule has 1 aliphatic heterocycles. The van der Waals surface area contributed by atoms with Crippen molar-refractivity contribution in [2.75, 3.05) is 26.3 Å². The molecule has 2 fully saturated rings. The van der Waals surface area contributed by atoms with E-state index < -0.39 is 0 Å². The number of hydrogen-bond donors (Lipinski definition) is 1. The fourth-order valence-electron chi connectivity index (χ4n) is 2.53. The summed E-state index contributed by atoms with van der Waals surface area (Å²) >= 11 is 0. The highest BCUT2D eigenvalue weighted by molar-refractivity contribution is 5.90. The second kappa shape index (κ2) is 7.62. The Morgan fingerprint density at radius 1 is 1.25 bits per heavy atom. The van der Waals surface area contributed by atoms with E-state index in [1.165, 1.54) is 0 Å². The summed E-state index contributed by atoms with van der Waals surface area (Å²) in [6, 6.07) is -0.272. The molecule has 5 heteroatoms. The Morgan fingerprint density at radius 3 is 2.70 bits per heavy atom. The van der Waals surface area contributed by atoms with Crippen LogP contribution in [0.1, 0.15) is 45.4 Å². The van der Waals surface area contributed by atoms with Crippen LogP contribution in [0.2, 0.25) is 0 Å². The lowest BCUT2D eigenvalue weighted by Gasteiger charge is -2.23. The molecule has 0 aromatic heterocycles. The first-order valence-electron chi connectivity index (χ1n) is 7.88. The van der Waals surface area contributed by atoms with E-state index in [1.54, 1.807) is 0 Å². The Bertz CT molecular complexity index is 342. The number of rotatable bonds is 8. The summed E-state index contributed by atoms with van der Waals surface area (Å²) < 4.78 is 5.52. The van der Waals surface area contributed by atoms with Crippen LogP contribution >= 0.6 is 0 Å². The van der Waals surface area contributed by atoms with Gasteiger partial charge in [0.15, 0.2) is 0 Å².